The number of methoxy groups -OCH3 is 1. The number of pyridine rings is 1. The van der Waals surface area contributed by atoms with Gasteiger partial charge in [-0.3, -0.25) is 14.9 Å². The zero-order chi connectivity index (χ0) is 15.4. The monoisotopic (exact) mass is 293 g/mol. The molecule has 0 unspecified atom stereocenters. The molecule has 2 rings (SSSR count). The number of hydrogen-bond donors (Lipinski definition) is 1. The van der Waals surface area contributed by atoms with E-state index >= 15 is 0 Å². The van der Waals surface area contributed by atoms with Crippen LogP contribution in [0.15, 0.2) is 12.1 Å². The first-order valence-electron chi connectivity index (χ1n) is 6.97. The van der Waals surface area contributed by atoms with Crippen molar-refractivity contribution >= 4 is 17.5 Å². The molecule has 7 heteroatoms. The minimum absolute atomic E-state index is 0.0143. The van der Waals surface area contributed by atoms with Crippen LogP contribution >= 0.6 is 0 Å². The van der Waals surface area contributed by atoms with Gasteiger partial charge in [-0.2, -0.15) is 0 Å². The van der Waals surface area contributed by atoms with E-state index in [2.05, 4.69) is 10.3 Å². The van der Waals surface area contributed by atoms with E-state index in [0.29, 0.717) is 11.5 Å². The molecule has 0 amide bonds. The molecule has 0 aromatic carbocycles. The average molecular weight is 293 g/mol. The van der Waals surface area contributed by atoms with Gasteiger partial charge in [0.1, 0.15) is 11.5 Å². The van der Waals surface area contributed by atoms with E-state index in [-0.39, 0.29) is 23.6 Å². The van der Waals surface area contributed by atoms with Crippen molar-refractivity contribution in [1.82, 2.24) is 4.98 Å². The standard InChI is InChI=1S/C14H19N3O4/c1-9-12(17(19)20)7-8-13(15-9)16-11-5-3-10(4-6-11)14(18)21-2/h7-8,10-11H,3-6H2,1-2H3,(H,15,16). The molecule has 114 valence electrons. The summed E-state index contributed by atoms with van der Waals surface area (Å²) in [7, 11) is 1.41. The summed E-state index contributed by atoms with van der Waals surface area (Å²) in [6, 6.07) is 3.32. The van der Waals surface area contributed by atoms with E-state index in [1.807, 2.05) is 0 Å². The highest BCUT2D eigenvalue weighted by molar-refractivity contribution is 5.72. The van der Waals surface area contributed by atoms with Gasteiger partial charge in [-0.1, -0.05) is 0 Å². The number of aromatic nitrogens is 1. The molecule has 0 radical (unpaired) electrons. The Bertz CT molecular complexity index is 539. The zero-order valence-electron chi connectivity index (χ0n) is 12.2. The number of ether oxygens (including phenoxy) is 1. The van der Waals surface area contributed by atoms with E-state index in [0.717, 1.165) is 25.7 Å². The summed E-state index contributed by atoms with van der Waals surface area (Å²) in [5.74, 6) is 0.483. The number of esters is 1. The summed E-state index contributed by atoms with van der Waals surface area (Å²) in [5.41, 5.74) is 0.420. The first-order valence-corrected chi connectivity index (χ1v) is 6.97. The molecule has 0 atom stereocenters. The minimum atomic E-state index is -0.437. The Hall–Kier alpha value is -2.18. The molecule has 0 saturated heterocycles. The van der Waals surface area contributed by atoms with Gasteiger partial charge >= 0.3 is 5.97 Å². The fourth-order valence-electron chi connectivity index (χ4n) is 2.68. The molecule has 1 heterocycles. The van der Waals surface area contributed by atoms with Crippen LogP contribution < -0.4 is 5.32 Å². The second-order valence-electron chi connectivity index (χ2n) is 5.27. The molecule has 0 bridgehead atoms. The van der Waals surface area contributed by atoms with Crippen LogP contribution in [-0.2, 0) is 9.53 Å². The Morgan fingerprint density at radius 3 is 2.57 bits per heavy atom. The van der Waals surface area contributed by atoms with Crippen LogP contribution in [0.1, 0.15) is 31.4 Å². The van der Waals surface area contributed by atoms with E-state index < -0.39 is 4.92 Å². The van der Waals surface area contributed by atoms with Gasteiger partial charge in [0.05, 0.1) is 18.0 Å². The number of rotatable bonds is 4. The number of carbonyl (C=O) groups is 1. The van der Waals surface area contributed by atoms with Gasteiger partial charge in [0, 0.05) is 12.1 Å². The Morgan fingerprint density at radius 1 is 1.38 bits per heavy atom. The lowest BCUT2D eigenvalue weighted by Gasteiger charge is -2.27. The molecule has 1 aromatic rings. The molecule has 0 aliphatic heterocycles. The third-order valence-electron chi connectivity index (χ3n) is 3.87. The fourth-order valence-corrected chi connectivity index (χ4v) is 2.68. The van der Waals surface area contributed by atoms with Gasteiger partial charge in [0.2, 0.25) is 0 Å². The molecular weight excluding hydrogens is 274 g/mol. The number of nitro groups is 1. The number of carbonyl (C=O) groups excluding carboxylic acids is 1. The quantitative estimate of drug-likeness (QED) is 0.520. The Labute approximate surface area is 122 Å². The van der Waals surface area contributed by atoms with Crippen LogP contribution in [0.4, 0.5) is 11.5 Å². The zero-order valence-corrected chi connectivity index (χ0v) is 12.2. The summed E-state index contributed by atoms with van der Waals surface area (Å²) in [6.45, 7) is 1.62. The second kappa shape index (κ2) is 6.51. The number of nitrogens with zero attached hydrogens (tertiary/aromatic N) is 2. The van der Waals surface area contributed by atoms with Crippen LogP contribution in [0.5, 0.6) is 0 Å². The lowest BCUT2D eigenvalue weighted by atomic mass is 9.86. The van der Waals surface area contributed by atoms with Gasteiger partial charge in [-0.25, -0.2) is 4.98 Å². The topological polar surface area (TPSA) is 94.4 Å². The van der Waals surface area contributed by atoms with E-state index in [4.69, 9.17) is 4.74 Å². The van der Waals surface area contributed by atoms with Crippen molar-refractivity contribution in [2.24, 2.45) is 5.92 Å². The van der Waals surface area contributed by atoms with Crippen molar-refractivity contribution in [2.75, 3.05) is 12.4 Å². The van der Waals surface area contributed by atoms with Gasteiger partial charge in [0.15, 0.2) is 0 Å². The number of anilines is 1. The lowest BCUT2D eigenvalue weighted by Crippen LogP contribution is -2.30. The lowest BCUT2D eigenvalue weighted by molar-refractivity contribution is -0.385. The Morgan fingerprint density at radius 2 is 2.05 bits per heavy atom. The number of nitrogens with one attached hydrogen (secondary N) is 1. The van der Waals surface area contributed by atoms with Crippen molar-refractivity contribution in [3.8, 4) is 0 Å². The average Bonchev–Trinajstić information content (AvgIpc) is 2.47. The number of hydrogen-bond acceptors (Lipinski definition) is 6. The van der Waals surface area contributed by atoms with Crippen LogP contribution in [0.2, 0.25) is 0 Å². The van der Waals surface area contributed by atoms with Gasteiger partial charge in [0.25, 0.3) is 5.69 Å². The molecule has 7 nitrogen and oxygen atoms in total. The molecule has 1 aliphatic carbocycles. The Balaban J connectivity index is 1.93. The largest absolute Gasteiger partial charge is 0.469 e. The summed E-state index contributed by atoms with van der Waals surface area (Å²) in [4.78, 5) is 26.0. The molecule has 1 aliphatic rings. The molecule has 1 N–H and O–H groups in total. The first kappa shape index (κ1) is 15.2. The fraction of sp³-hybridized carbons (Fsp3) is 0.571. The SMILES string of the molecule is COC(=O)C1CCC(Nc2ccc([N+](=O)[O-])c(C)n2)CC1. The first-order chi connectivity index (χ1) is 10.0. The molecule has 21 heavy (non-hydrogen) atoms. The predicted molar refractivity (Wildman–Crippen MR) is 77.0 cm³/mol. The van der Waals surface area contributed by atoms with E-state index in [1.165, 1.54) is 13.2 Å². The molecule has 1 aromatic heterocycles. The van der Waals surface area contributed by atoms with Crippen molar-refractivity contribution in [3.63, 3.8) is 0 Å². The van der Waals surface area contributed by atoms with Crippen molar-refractivity contribution in [3.05, 3.63) is 27.9 Å². The third kappa shape index (κ3) is 3.68. The van der Waals surface area contributed by atoms with Crippen LogP contribution in [0.3, 0.4) is 0 Å². The summed E-state index contributed by atoms with van der Waals surface area (Å²) < 4.78 is 4.76. The normalized spacial score (nSPS) is 21.6. The second-order valence-corrected chi connectivity index (χ2v) is 5.27. The highest BCUT2D eigenvalue weighted by atomic mass is 16.6. The van der Waals surface area contributed by atoms with Crippen molar-refractivity contribution < 1.29 is 14.5 Å². The Kier molecular flexibility index (Phi) is 4.72. The summed E-state index contributed by atoms with van der Waals surface area (Å²) >= 11 is 0. The van der Waals surface area contributed by atoms with Crippen LogP contribution in [0, 0.1) is 23.0 Å². The maximum atomic E-state index is 11.5. The number of aryl methyl sites for hydroxylation is 1. The maximum Gasteiger partial charge on any atom is 0.308 e. The van der Waals surface area contributed by atoms with Gasteiger partial charge in [-0.05, 0) is 38.7 Å². The van der Waals surface area contributed by atoms with Crippen molar-refractivity contribution in [1.29, 1.82) is 0 Å². The molecule has 0 spiro atoms. The highest BCUT2D eigenvalue weighted by Gasteiger charge is 2.27. The molecular formula is C14H19N3O4. The predicted octanol–water partition coefficient (Wildman–Crippen LogP) is 2.44. The van der Waals surface area contributed by atoms with Crippen molar-refractivity contribution in [2.45, 2.75) is 38.6 Å². The smallest absolute Gasteiger partial charge is 0.308 e. The van der Waals surface area contributed by atoms with Gasteiger partial charge < -0.3 is 10.1 Å². The maximum absolute atomic E-state index is 11.5. The minimum Gasteiger partial charge on any atom is -0.469 e. The molecule has 1 fully saturated rings. The summed E-state index contributed by atoms with van der Waals surface area (Å²) in [5, 5.41) is 14.0. The van der Waals surface area contributed by atoms with E-state index in [9.17, 15) is 14.9 Å². The van der Waals surface area contributed by atoms with Crippen LogP contribution in [0.25, 0.3) is 0 Å². The van der Waals surface area contributed by atoms with Gasteiger partial charge in [-0.15, -0.1) is 0 Å². The third-order valence-corrected chi connectivity index (χ3v) is 3.87. The van der Waals surface area contributed by atoms with E-state index in [1.54, 1.807) is 13.0 Å². The highest BCUT2D eigenvalue weighted by Crippen LogP contribution is 2.27. The summed E-state index contributed by atoms with van der Waals surface area (Å²) in [6.07, 6.45) is 3.29. The molecule has 1 saturated carbocycles. The van der Waals surface area contributed by atoms with Crippen LogP contribution in [-0.4, -0.2) is 29.0 Å².